The SMILES string of the molecule is CCSCCN(c1ccc(OC)cc1)[C@@H](C)C(=O)O. The van der Waals surface area contributed by atoms with Crippen LogP contribution in [0.15, 0.2) is 24.3 Å². The van der Waals surface area contributed by atoms with Crippen molar-refractivity contribution in [3.05, 3.63) is 24.3 Å². The van der Waals surface area contributed by atoms with Crippen LogP contribution in [-0.4, -0.2) is 42.3 Å². The smallest absolute Gasteiger partial charge is 0.326 e. The summed E-state index contributed by atoms with van der Waals surface area (Å²) in [5.74, 6) is 1.92. The number of hydrogen-bond donors (Lipinski definition) is 1. The minimum absolute atomic E-state index is 0.536. The molecule has 1 atom stereocenters. The second-order valence-corrected chi connectivity index (χ2v) is 5.50. The summed E-state index contributed by atoms with van der Waals surface area (Å²) in [6.07, 6.45) is 0. The fourth-order valence-corrected chi connectivity index (χ4v) is 2.38. The maximum absolute atomic E-state index is 11.2. The van der Waals surface area contributed by atoms with E-state index in [9.17, 15) is 9.90 Å². The number of carboxylic acids is 1. The Labute approximate surface area is 118 Å². The van der Waals surface area contributed by atoms with Crippen LogP contribution in [0.2, 0.25) is 0 Å². The van der Waals surface area contributed by atoms with Crippen molar-refractivity contribution in [2.24, 2.45) is 0 Å². The molecule has 1 rings (SSSR count). The molecule has 0 bridgehead atoms. The number of methoxy groups -OCH3 is 1. The average molecular weight is 283 g/mol. The lowest BCUT2D eigenvalue weighted by atomic mass is 10.2. The topological polar surface area (TPSA) is 49.8 Å². The summed E-state index contributed by atoms with van der Waals surface area (Å²) < 4.78 is 5.12. The number of ether oxygens (including phenoxy) is 1. The van der Waals surface area contributed by atoms with Gasteiger partial charge in [0.05, 0.1) is 7.11 Å². The third-order valence-corrected chi connectivity index (χ3v) is 3.79. The fourth-order valence-electron chi connectivity index (χ4n) is 1.76. The van der Waals surface area contributed by atoms with Crippen molar-refractivity contribution in [3.63, 3.8) is 0 Å². The van der Waals surface area contributed by atoms with Gasteiger partial charge in [-0.15, -0.1) is 0 Å². The van der Waals surface area contributed by atoms with E-state index in [1.165, 1.54) is 0 Å². The third-order valence-electron chi connectivity index (χ3n) is 2.91. The molecule has 0 saturated carbocycles. The highest BCUT2D eigenvalue weighted by atomic mass is 32.2. The Balaban J connectivity index is 2.83. The maximum Gasteiger partial charge on any atom is 0.326 e. The van der Waals surface area contributed by atoms with E-state index in [2.05, 4.69) is 6.92 Å². The zero-order valence-corrected chi connectivity index (χ0v) is 12.4. The molecule has 0 aliphatic heterocycles. The lowest BCUT2D eigenvalue weighted by Crippen LogP contribution is -2.40. The number of carbonyl (C=O) groups is 1. The fraction of sp³-hybridized carbons (Fsp3) is 0.500. The van der Waals surface area contributed by atoms with E-state index < -0.39 is 12.0 Å². The first-order valence-corrected chi connectivity index (χ1v) is 7.46. The standard InChI is InChI=1S/C14H21NO3S/c1-4-19-10-9-15(11(2)14(16)17)12-5-7-13(18-3)8-6-12/h5-8,11H,4,9-10H2,1-3H3,(H,16,17)/t11-/m0/s1. The highest BCUT2D eigenvalue weighted by molar-refractivity contribution is 7.99. The number of anilines is 1. The third kappa shape index (κ3) is 4.67. The molecular weight excluding hydrogens is 262 g/mol. The second kappa shape index (κ2) is 7.94. The van der Waals surface area contributed by atoms with Crippen molar-refractivity contribution < 1.29 is 14.6 Å². The molecule has 0 radical (unpaired) electrons. The molecule has 0 aliphatic rings. The van der Waals surface area contributed by atoms with Gasteiger partial charge >= 0.3 is 5.97 Å². The highest BCUT2D eigenvalue weighted by Gasteiger charge is 2.20. The van der Waals surface area contributed by atoms with Gasteiger partial charge in [-0.05, 0) is 36.9 Å². The summed E-state index contributed by atoms with van der Waals surface area (Å²) in [6.45, 7) is 4.53. The number of rotatable bonds is 8. The van der Waals surface area contributed by atoms with Crippen molar-refractivity contribution in [3.8, 4) is 5.75 Å². The zero-order valence-electron chi connectivity index (χ0n) is 11.6. The van der Waals surface area contributed by atoms with Crippen LogP contribution in [-0.2, 0) is 4.79 Å². The molecule has 0 amide bonds. The monoisotopic (exact) mass is 283 g/mol. The van der Waals surface area contributed by atoms with Gasteiger partial charge in [-0.1, -0.05) is 6.92 Å². The summed E-state index contributed by atoms with van der Waals surface area (Å²) in [5, 5.41) is 9.20. The van der Waals surface area contributed by atoms with Crippen LogP contribution in [0.1, 0.15) is 13.8 Å². The van der Waals surface area contributed by atoms with Crippen molar-refractivity contribution in [2.45, 2.75) is 19.9 Å². The van der Waals surface area contributed by atoms with Crippen LogP contribution in [0, 0.1) is 0 Å². The Morgan fingerprint density at radius 1 is 1.42 bits per heavy atom. The average Bonchev–Trinajstić information content (AvgIpc) is 2.43. The minimum Gasteiger partial charge on any atom is -0.497 e. The first-order valence-electron chi connectivity index (χ1n) is 6.31. The molecule has 0 spiro atoms. The molecule has 1 aromatic carbocycles. The van der Waals surface area contributed by atoms with E-state index in [4.69, 9.17) is 4.74 Å². The van der Waals surface area contributed by atoms with Crippen molar-refractivity contribution in [1.29, 1.82) is 0 Å². The molecule has 19 heavy (non-hydrogen) atoms. The largest absolute Gasteiger partial charge is 0.497 e. The molecule has 5 heteroatoms. The zero-order chi connectivity index (χ0) is 14.3. The molecule has 1 aromatic rings. The van der Waals surface area contributed by atoms with Crippen LogP contribution in [0.25, 0.3) is 0 Å². The molecule has 1 N–H and O–H groups in total. The second-order valence-electron chi connectivity index (χ2n) is 4.10. The lowest BCUT2D eigenvalue weighted by Gasteiger charge is -2.28. The highest BCUT2D eigenvalue weighted by Crippen LogP contribution is 2.21. The molecule has 106 valence electrons. The van der Waals surface area contributed by atoms with Gasteiger partial charge in [0, 0.05) is 18.0 Å². The number of benzene rings is 1. The van der Waals surface area contributed by atoms with Gasteiger partial charge in [-0.2, -0.15) is 11.8 Å². The Morgan fingerprint density at radius 3 is 2.53 bits per heavy atom. The van der Waals surface area contributed by atoms with Crippen molar-refractivity contribution >= 4 is 23.4 Å². The van der Waals surface area contributed by atoms with E-state index in [0.717, 1.165) is 29.5 Å². The Hall–Kier alpha value is -1.36. The van der Waals surface area contributed by atoms with Gasteiger partial charge in [0.2, 0.25) is 0 Å². The van der Waals surface area contributed by atoms with Gasteiger partial charge in [-0.3, -0.25) is 0 Å². The summed E-state index contributed by atoms with van der Waals surface area (Å²) in [4.78, 5) is 13.1. The molecular formula is C14H21NO3S. The van der Waals surface area contributed by atoms with Gasteiger partial charge in [0.15, 0.2) is 0 Å². The Morgan fingerprint density at radius 2 is 2.05 bits per heavy atom. The number of thioether (sulfide) groups is 1. The molecule has 0 saturated heterocycles. The van der Waals surface area contributed by atoms with E-state index in [0.29, 0.717) is 0 Å². The summed E-state index contributed by atoms with van der Waals surface area (Å²) in [6, 6.07) is 6.96. The number of carboxylic acid groups (broad SMARTS) is 1. The van der Waals surface area contributed by atoms with Crippen LogP contribution >= 0.6 is 11.8 Å². The Bertz CT molecular complexity index is 394. The number of nitrogens with zero attached hydrogens (tertiary/aromatic N) is 1. The van der Waals surface area contributed by atoms with Gasteiger partial charge in [0.1, 0.15) is 11.8 Å². The first kappa shape index (κ1) is 15.7. The van der Waals surface area contributed by atoms with E-state index in [1.807, 2.05) is 40.9 Å². The predicted octanol–water partition coefficient (Wildman–Crippen LogP) is 2.73. The van der Waals surface area contributed by atoms with E-state index in [-0.39, 0.29) is 0 Å². The van der Waals surface area contributed by atoms with E-state index in [1.54, 1.807) is 14.0 Å². The number of hydrogen-bond acceptors (Lipinski definition) is 4. The molecule has 0 heterocycles. The molecule has 0 aromatic heterocycles. The van der Waals surface area contributed by atoms with Crippen LogP contribution < -0.4 is 9.64 Å². The van der Waals surface area contributed by atoms with Crippen LogP contribution in [0.3, 0.4) is 0 Å². The van der Waals surface area contributed by atoms with E-state index >= 15 is 0 Å². The van der Waals surface area contributed by atoms with Gasteiger partial charge in [0.25, 0.3) is 0 Å². The van der Waals surface area contributed by atoms with Crippen molar-refractivity contribution in [2.75, 3.05) is 30.1 Å². The van der Waals surface area contributed by atoms with Gasteiger partial charge < -0.3 is 14.7 Å². The molecule has 0 unspecified atom stereocenters. The molecule has 4 nitrogen and oxygen atoms in total. The molecule has 0 fully saturated rings. The summed E-state index contributed by atoms with van der Waals surface area (Å²) in [7, 11) is 1.62. The maximum atomic E-state index is 11.2. The minimum atomic E-state index is -0.808. The Kier molecular flexibility index (Phi) is 6.56. The normalized spacial score (nSPS) is 11.9. The van der Waals surface area contributed by atoms with Crippen molar-refractivity contribution in [1.82, 2.24) is 0 Å². The van der Waals surface area contributed by atoms with Crippen LogP contribution in [0.5, 0.6) is 5.75 Å². The number of aliphatic carboxylic acids is 1. The first-order chi connectivity index (χ1) is 9.10. The summed E-state index contributed by atoms with van der Waals surface area (Å²) in [5.41, 5.74) is 0.910. The molecule has 0 aliphatic carbocycles. The quantitative estimate of drug-likeness (QED) is 0.743. The predicted molar refractivity (Wildman–Crippen MR) is 80.4 cm³/mol. The van der Waals surface area contributed by atoms with Gasteiger partial charge in [-0.25, -0.2) is 4.79 Å². The summed E-state index contributed by atoms with van der Waals surface area (Å²) >= 11 is 1.81. The lowest BCUT2D eigenvalue weighted by molar-refractivity contribution is -0.138. The van der Waals surface area contributed by atoms with Crippen LogP contribution in [0.4, 0.5) is 5.69 Å².